The van der Waals surface area contributed by atoms with Crippen LogP contribution in [0.3, 0.4) is 0 Å². The Morgan fingerprint density at radius 3 is 2.78 bits per heavy atom. The molecule has 1 aromatic heterocycles. The maximum Gasteiger partial charge on any atom is 0.213 e. The van der Waals surface area contributed by atoms with E-state index in [0.717, 1.165) is 0 Å². The van der Waals surface area contributed by atoms with Crippen molar-refractivity contribution in [1.82, 2.24) is 14.7 Å². The van der Waals surface area contributed by atoms with E-state index in [2.05, 4.69) is 20.0 Å². The molecule has 9 heteroatoms. The highest BCUT2D eigenvalue weighted by atomic mass is 32.2. The number of aromatic nitrogens is 2. The van der Waals surface area contributed by atoms with Crippen LogP contribution >= 0.6 is 12.2 Å². The molecule has 1 aromatic rings. The Morgan fingerprint density at radius 2 is 2.22 bits per heavy atom. The smallest absolute Gasteiger partial charge is 0.213 e. The molecule has 0 bridgehead atoms. The van der Waals surface area contributed by atoms with Crippen LogP contribution in [-0.2, 0) is 10.0 Å². The summed E-state index contributed by atoms with van der Waals surface area (Å²) in [5, 5.41) is 2.89. The molecular weight excluding hydrogens is 274 g/mol. The van der Waals surface area contributed by atoms with E-state index in [1.807, 2.05) is 0 Å². The summed E-state index contributed by atoms with van der Waals surface area (Å²) in [5.74, 6) is 0.929. The summed E-state index contributed by atoms with van der Waals surface area (Å²) in [4.78, 5) is 8.28. The first kappa shape index (κ1) is 14.7. The van der Waals surface area contributed by atoms with E-state index in [1.165, 1.54) is 13.2 Å². The number of nitrogens with two attached hydrogens (primary N) is 1. The quantitative estimate of drug-likeness (QED) is 0.599. The molecule has 1 rings (SSSR count). The van der Waals surface area contributed by atoms with Crippen LogP contribution in [0.4, 0.5) is 5.82 Å². The summed E-state index contributed by atoms with van der Waals surface area (Å²) in [6.45, 7) is 1.92. The Labute approximate surface area is 111 Å². The fourth-order valence-corrected chi connectivity index (χ4v) is 1.92. The standard InChI is InChI=1S/C9H15N5O2S2/c1-6-13-5-7(8(10)17)9(14-6)12-3-4-18(15,16)11-2/h5,11H,3-4H2,1-2H3,(H2,10,17)(H,12,13,14). The number of sulfonamides is 1. The normalized spacial score (nSPS) is 11.2. The average molecular weight is 289 g/mol. The predicted molar refractivity (Wildman–Crippen MR) is 74.0 cm³/mol. The van der Waals surface area contributed by atoms with Crippen LogP contribution in [0.2, 0.25) is 0 Å². The number of thiocarbonyl (C=S) groups is 1. The molecule has 0 aliphatic rings. The summed E-state index contributed by atoms with van der Waals surface area (Å²) in [7, 11) is -1.89. The second-order valence-electron chi connectivity index (χ2n) is 3.49. The van der Waals surface area contributed by atoms with Gasteiger partial charge in [0.15, 0.2) is 0 Å². The van der Waals surface area contributed by atoms with Gasteiger partial charge in [-0.3, -0.25) is 0 Å². The minimum absolute atomic E-state index is 0.0661. The number of aryl methyl sites for hydroxylation is 1. The van der Waals surface area contributed by atoms with Crippen LogP contribution in [-0.4, -0.2) is 42.7 Å². The molecular formula is C9H15N5O2S2. The Bertz CT molecular complexity index is 544. The van der Waals surface area contributed by atoms with Gasteiger partial charge in [0.1, 0.15) is 16.6 Å². The van der Waals surface area contributed by atoms with Gasteiger partial charge in [-0.1, -0.05) is 12.2 Å². The first-order valence-electron chi connectivity index (χ1n) is 5.14. The third-order valence-electron chi connectivity index (χ3n) is 2.15. The third-order valence-corrected chi connectivity index (χ3v) is 3.73. The number of nitrogens with one attached hydrogen (secondary N) is 2. The van der Waals surface area contributed by atoms with Crippen molar-refractivity contribution in [3.63, 3.8) is 0 Å². The van der Waals surface area contributed by atoms with Crippen molar-refractivity contribution >= 4 is 33.0 Å². The number of anilines is 1. The van der Waals surface area contributed by atoms with E-state index in [9.17, 15) is 8.42 Å². The lowest BCUT2D eigenvalue weighted by molar-refractivity contribution is 0.588. The molecule has 18 heavy (non-hydrogen) atoms. The van der Waals surface area contributed by atoms with Gasteiger partial charge >= 0.3 is 0 Å². The molecule has 4 N–H and O–H groups in total. The van der Waals surface area contributed by atoms with Gasteiger partial charge in [-0.05, 0) is 14.0 Å². The van der Waals surface area contributed by atoms with E-state index in [4.69, 9.17) is 18.0 Å². The lowest BCUT2D eigenvalue weighted by Crippen LogP contribution is -2.27. The SMILES string of the molecule is CNS(=O)(=O)CCNc1nc(C)ncc1C(N)=S. The minimum Gasteiger partial charge on any atom is -0.389 e. The molecule has 0 aliphatic carbocycles. The fourth-order valence-electron chi connectivity index (χ4n) is 1.19. The van der Waals surface area contributed by atoms with Crippen LogP contribution in [0, 0.1) is 6.92 Å². The minimum atomic E-state index is -3.25. The van der Waals surface area contributed by atoms with Crippen LogP contribution < -0.4 is 15.8 Å². The molecule has 0 saturated carbocycles. The highest BCUT2D eigenvalue weighted by Crippen LogP contribution is 2.11. The third kappa shape index (κ3) is 4.17. The maximum atomic E-state index is 11.2. The predicted octanol–water partition coefficient (Wildman–Crippen LogP) is -0.620. The molecule has 0 spiro atoms. The van der Waals surface area contributed by atoms with Crippen molar-refractivity contribution < 1.29 is 8.42 Å². The zero-order valence-electron chi connectivity index (χ0n) is 10.1. The van der Waals surface area contributed by atoms with Gasteiger partial charge in [0, 0.05) is 12.7 Å². The van der Waals surface area contributed by atoms with Crippen LogP contribution in [0.25, 0.3) is 0 Å². The Morgan fingerprint density at radius 1 is 1.56 bits per heavy atom. The van der Waals surface area contributed by atoms with Crippen molar-refractivity contribution in [3.8, 4) is 0 Å². The number of hydrogen-bond donors (Lipinski definition) is 3. The first-order chi connectivity index (χ1) is 8.35. The van der Waals surface area contributed by atoms with E-state index >= 15 is 0 Å². The summed E-state index contributed by atoms with van der Waals surface area (Å²) in [6.07, 6.45) is 1.51. The van der Waals surface area contributed by atoms with E-state index in [-0.39, 0.29) is 17.3 Å². The van der Waals surface area contributed by atoms with Gasteiger partial charge < -0.3 is 11.1 Å². The maximum absolute atomic E-state index is 11.2. The summed E-state index contributed by atoms with van der Waals surface area (Å²) < 4.78 is 24.7. The number of rotatable bonds is 6. The zero-order chi connectivity index (χ0) is 13.8. The molecule has 0 amide bonds. The topological polar surface area (TPSA) is 110 Å². The largest absolute Gasteiger partial charge is 0.389 e. The van der Waals surface area contributed by atoms with Crippen LogP contribution in [0.15, 0.2) is 6.20 Å². The molecule has 100 valence electrons. The molecule has 0 aromatic carbocycles. The van der Waals surface area contributed by atoms with Crippen LogP contribution in [0.5, 0.6) is 0 Å². The van der Waals surface area contributed by atoms with Crippen LogP contribution in [0.1, 0.15) is 11.4 Å². The molecule has 0 aliphatic heterocycles. The molecule has 0 unspecified atom stereocenters. The lowest BCUT2D eigenvalue weighted by Gasteiger charge is -2.10. The Hall–Kier alpha value is -1.32. The molecule has 0 radical (unpaired) electrons. The fraction of sp³-hybridized carbons (Fsp3) is 0.444. The van der Waals surface area contributed by atoms with Crippen molar-refractivity contribution in [2.45, 2.75) is 6.92 Å². The van der Waals surface area contributed by atoms with E-state index in [1.54, 1.807) is 6.92 Å². The van der Waals surface area contributed by atoms with Crippen molar-refractivity contribution in [3.05, 3.63) is 17.6 Å². The molecule has 0 saturated heterocycles. The number of nitrogens with zero attached hydrogens (tertiary/aromatic N) is 2. The van der Waals surface area contributed by atoms with Gasteiger partial charge in [-0.15, -0.1) is 0 Å². The molecule has 1 heterocycles. The second-order valence-corrected chi connectivity index (χ2v) is 5.98. The van der Waals surface area contributed by atoms with Gasteiger partial charge in [0.05, 0.1) is 11.3 Å². The van der Waals surface area contributed by atoms with E-state index < -0.39 is 10.0 Å². The number of hydrogen-bond acceptors (Lipinski definition) is 6. The molecule has 0 atom stereocenters. The van der Waals surface area contributed by atoms with Crippen molar-refractivity contribution in [2.75, 3.05) is 24.7 Å². The van der Waals surface area contributed by atoms with Crippen molar-refractivity contribution in [2.24, 2.45) is 5.73 Å². The van der Waals surface area contributed by atoms with Crippen molar-refractivity contribution in [1.29, 1.82) is 0 Å². The zero-order valence-corrected chi connectivity index (χ0v) is 11.7. The highest BCUT2D eigenvalue weighted by molar-refractivity contribution is 7.89. The summed E-state index contributed by atoms with van der Waals surface area (Å²) in [5.41, 5.74) is 6.03. The average Bonchev–Trinajstić information content (AvgIpc) is 2.28. The second kappa shape index (κ2) is 6.03. The van der Waals surface area contributed by atoms with E-state index in [0.29, 0.717) is 17.2 Å². The summed E-state index contributed by atoms with van der Waals surface area (Å²) >= 11 is 4.87. The summed E-state index contributed by atoms with van der Waals surface area (Å²) in [6, 6.07) is 0. The molecule has 7 nitrogen and oxygen atoms in total. The van der Waals surface area contributed by atoms with Gasteiger partial charge in [0.2, 0.25) is 10.0 Å². The van der Waals surface area contributed by atoms with Gasteiger partial charge in [-0.25, -0.2) is 23.1 Å². The lowest BCUT2D eigenvalue weighted by atomic mass is 10.3. The Kier molecular flexibility index (Phi) is 4.93. The monoisotopic (exact) mass is 289 g/mol. The van der Waals surface area contributed by atoms with Gasteiger partial charge in [0.25, 0.3) is 0 Å². The van der Waals surface area contributed by atoms with Gasteiger partial charge in [-0.2, -0.15) is 0 Å². The Balaban J connectivity index is 2.78. The molecule has 0 fully saturated rings. The highest BCUT2D eigenvalue weighted by Gasteiger charge is 2.10. The first-order valence-corrected chi connectivity index (χ1v) is 7.20.